The topological polar surface area (TPSA) is 109 Å². The first kappa shape index (κ1) is 19.2. The van der Waals surface area contributed by atoms with E-state index in [4.69, 9.17) is 23.2 Å². The van der Waals surface area contributed by atoms with Crippen LogP contribution in [-0.4, -0.2) is 25.9 Å². The first-order valence-corrected chi connectivity index (χ1v) is 10.0. The van der Waals surface area contributed by atoms with Crippen molar-refractivity contribution in [3.63, 3.8) is 0 Å². The maximum absolute atomic E-state index is 11.5. The molecule has 0 unspecified atom stereocenters. The molecule has 0 saturated heterocycles. The van der Waals surface area contributed by atoms with Crippen molar-refractivity contribution in [3.8, 4) is 11.1 Å². The smallest absolute Gasteiger partial charge is 0.282 e. The molecule has 0 amide bonds. The number of rotatable bonds is 3. The van der Waals surface area contributed by atoms with Gasteiger partial charge in [0.2, 0.25) is 0 Å². The molecule has 0 fully saturated rings. The number of benzene rings is 2. The van der Waals surface area contributed by atoms with Crippen molar-refractivity contribution in [1.82, 2.24) is 0 Å². The van der Waals surface area contributed by atoms with Crippen LogP contribution in [0.4, 0.5) is 0 Å². The van der Waals surface area contributed by atoms with E-state index in [1.165, 1.54) is 38.1 Å². The maximum Gasteiger partial charge on any atom is 0.296 e. The Hall–Kier alpha value is -1.16. The maximum atomic E-state index is 11.5. The number of halogens is 2. The highest BCUT2D eigenvalue weighted by Gasteiger charge is 2.24. The van der Waals surface area contributed by atoms with E-state index in [9.17, 15) is 25.9 Å². The molecule has 2 aromatic rings. The fraction of sp³-hybridized carbons (Fsp3) is 0.143. The van der Waals surface area contributed by atoms with E-state index in [0.717, 1.165) is 0 Å². The molecule has 2 N–H and O–H groups in total. The third kappa shape index (κ3) is 3.44. The minimum absolute atomic E-state index is 0.136. The van der Waals surface area contributed by atoms with Crippen LogP contribution in [0.5, 0.6) is 0 Å². The van der Waals surface area contributed by atoms with Gasteiger partial charge in [-0.25, -0.2) is 0 Å². The number of hydrogen-bond donors (Lipinski definition) is 2. The molecule has 0 bridgehead atoms. The first-order chi connectivity index (χ1) is 10.9. The zero-order chi connectivity index (χ0) is 18.4. The molecule has 2 rings (SSSR count). The van der Waals surface area contributed by atoms with Crippen LogP contribution in [0.2, 0.25) is 10.0 Å². The Morgan fingerprint density at radius 1 is 0.708 bits per heavy atom. The highest BCUT2D eigenvalue weighted by molar-refractivity contribution is 7.86. The van der Waals surface area contributed by atoms with Gasteiger partial charge in [-0.3, -0.25) is 9.11 Å². The van der Waals surface area contributed by atoms with Gasteiger partial charge in [0.15, 0.2) is 0 Å². The number of hydrogen-bond acceptors (Lipinski definition) is 4. The summed E-state index contributed by atoms with van der Waals surface area (Å²) in [6.45, 7) is 2.84. The molecule has 6 nitrogen and oxygen atoms in total. The summed E-state index contributed by atoms with van der Waals surface area (Å²) in [5, 5.41) is -0.333. The van der Waals surface area contributed by atoms with Crippen molar-refractivity contribution in [2.24, 2.45) is 0 Å². The molecule has 0 aliphatic rings. The quantitative estimate of drug-likeness (QED) is 0.745. The second-order valence-corrected chi connectivity index (χ2v) is 8.58. The van der Waals surface area contributed by atoms with Gasteiger partial charge in [-0.1, -0.05) is 35.3 Å². The molecule has 2 aromatic carbocycles. The Labute approximate surface area is 149 Å². The van der Waals surface area contributed by atoms with Crippen LogP contribution in [0.25, 0.3) is 11.1 Å². The van der Waals surface area contributed by atoms with Crippen molar-refractivity contribution in [2.45, 2.75) is 23.6 Å². The lowest BCUT2D eigenvalue weighted by atomic mass is 9.96. The highest BCUT2D eigenvalue weighted by atomic mass is 35.5. The summed E-state index contributed by atoms with van der Waals surface area (Å²) < 4.78 is 64.8. The summed E-state index contributed by atoms with van der Waals surface area (Å²) in [4.78, 5) is -0.936. The molecule has 10 heteroatoms. The Kier molecular flexibility index (Phi) is 5.02. The van der Waals surface area contributed by atoms with E-state index >= 15 is 0 Å². The van der Waals surface area contributed by atoms with Crippen LogP contribution in [0.3, 0.4) is 0 Å². The fourth-order valence-electron chi connectivity index (χ4n) is 2.53. The molecule has 0 aliphatic carbocycles. The second kappa shape index (κ2) is 6.29. The molecular weight excluding hydrogens is 399 g/mol. The Balaban J connectivity index is 2.90. The molecule has 0 spiro atoms. The lowest BCUT2D eigenvalue weighted by Crippen LogP contribution is -2.06. The van der Waals surface area contributed by atoms with Crippen molar-refractivity contribution in [3.05, 3.63) is 45.4 Å². The zero-order valence-corrected chi connectivity index (χ0v) is 15.6. The second-order valence-electron chi connectivity index (χ2n) is 5.05. The monoisotopic (exact) mass is 410 g/mol. The van der Waals surface area contributed by atoms with Crippen LogP contribution in [0, 0.1) is 13.8 Å². The molecule has 0 aromatic heterocycles. The summed E-state index contributed by atoms with van der Waals surface area (Å²) in [6, 6.07) is 5.51. The lowest BCUT2D eigenvalue weighted by Gasteiger charge is -2.15. The van der Waals surface area contributed by atoms with E-state index < -0.39 is 30.0 Å². The average Bonchev–Trinajstić information content (AvgIpc) is 2.37. The predicted molar refractivity (Wildman–Crippen MR) is 91.0 cm³/mol. The molecule has 24 heavy (non-hydrogen) atoms. The third-order valence-corrected chi connectivity index (χ3v) is 6.46. The van der Waals surface area contributed by atoms with E-state index in [1.54, 1.807) is 0 Å². The van der Waals surface area contributed by atoms with Gasteiger partial charge in [0.25, 0.3) is 20.2 Å². The average molecular weight is 411 g/mol. The van der Waals surface area contributed by atoms with E-state index in [-0.39, 0.29) is 21.2 Å². The van der Waals surface area contributed by atoms with E-state index in [2.05, 4.69) is 0 Å². The summed E-state index contributed by atoms with van der Waals surface area (Å²) in [5.74, 6) is 0. The lowest BCUT2D eigenvalue weighted by molar-refractivity contribution is 0.480. The molecule has 0 saturated carbocycles. The fourth-order valence-corrected chi connectivity index (χ4v) is 5.15. The molecule has 0 radical (unpaired) electrons. The van der Waals surface area contributed by atoms with Crippen molar-refractivity contribution >= 4 is 43.4 Å². The zero-order valence-electron chi connectivity index (χ0n) is 12.4. The highest BCUT2D eigenvalue weighted by Crippen LogP contribution is 2.38. The van der Waals surface area contributed by atoms with Gasteiger partial charge in [-0.05, 0) is 48.2 Å². The van der Waals surface area contributed by atoms with Gasteiger partial charge in [0.05, 0.1) is 10.0 Å². The van der Waals surface area contributed by atoms with Crippen molar-refractivity contribution in [2.75, 3.05) is 0 Å². The SMILES string of the molecule is Cc1c(-c2ccc(Cl)c(S(=O)(=O)O)c2C)ccc(Cl)c1S(=O)(=O)O. The van der Waals surface area contributed by atoms with Crippen LogP contribution in [0.15, 0.2) is 34.1 Å². The Bertz CT molecular complexity index is 958. The first-order valence-electron chi connectivity index (χ1n) is 6.39. The molecule has 0 aliphatic heterocycles. The van der Waals surface area contributed by atoms with Crippen molar-refractivity contribution < 1.29 is 25.9 Å². The van der Waals surface area contributed by atoms with E-state index in [0.29, 0.717) is 11.1 Å². The van der Waals surface area contributed by atoms with Gasteiger partial charge in [0.1, 0.15) is 9.79 Å². The van der Waals surface area contributed by atoms with Crippen LogP contribution >= 0.6 is 23.2 Å². The minimum atomic E-state index is -4.58. The summed E-state index contributed by atoms with van der Waals surface area (Å²) in [6.07, 6.45) is 0. The van der Waals surface area contributed by atoms with Gasteiger partial charge in [0, 0.05) is 0 Å². The van der Waals surface area contributed by atoms with Gasteiger partial charge in [-0.2, -0.15) is 16.8 Å². The predicted octanol–water partition coefficient (Wildman–Crippen LogP) is 3.77. The molecule has 0 atom stereocenters. The van der Waals surface area contributed by atoms with Crippen molar-refractivity contribution in [1.29, 1.82) is 0 Å². The minimum Gasteiger partial charge on any atom is -0.282 e. The van der Waals surface area contributed by atoms with Crippen LogP contribution < -0.4 is 0 Å². The van der Waals surface area contributed by atoms with Gasteiger partial charge >= 0.3 is 0 Å². The molecule has 0 heterocycles. The largest absolute Gasteiger partial charge is 0.296 e. The third-order valence-electron chi connectivity index (χ3n) is 3.52. The van der Waals surface area contributed by atoms with Crippen LogP contribution in [-0.2, 0) is 20.2 Å². The summed E-state index contributed by atoms with van der Waals surface area (Å²) in [7, 11) is -9.16. The normalized spacial score (nSPS) is 12.4. The van der Waals surface area contributed by atoms with Crippen LogP contribution in [0.1, 0.15) is 11.1 Å². The molecular formula is C14H12Cl2O6S2. The Morgan fingerprint density at radius 2 is 1.00 bits per heavy atom. The summed E-state index contributed by atoms with van der Waals surface area (Å²) >= 11 is 11.7. The standard InChI is InChI=1S/C14H12Cl2O6S2/c1-7-9(3-5-11(15)13(7)23(17,18)19)10-4-6-12(16)14(8(10)2)24(20,21)22/h3-6H,1-2H3,(H,17,18,19)(H,20,21,22). The van der Waals surface area contributed by atoms with Gasteiger partial charge < -0.3 is 0 Å². The molecule has 130 valence electrons. The summed E-state index contributed by atoms with van der Waals surface area (Å²) in [5.41, 5.74) is 0.922. The van der Waals surface area contributed by atoms with Gasteiger partial charge in [-0.15, -0.1) is 0 Å². The van der Waals surface area contributed by atoms with E-state index in [1.807, 2.05) is 0 Å². The Morgan fingerprint density at radius 3 is 1.25 bits per heavy atom.